The Kier molecular flexibility index (Phi) is 3.79. The monoisotopic (exact) mass is 301 g/mol. The molecule has 0 aliphatic rings. The topological polar surface area (TPSA) is 59.4 Å². The third kappa shape index (κ3) is 3.47. The Morgan fingerprint density at radius 3 is 2.57 bits per heavy atom. The molecule has 0 atom stereocenters. The minimum atomic E-state index is -4.90. The number of hydrogen-bond donors (Lipinski definition) is 1. The van der Waals surface area contributed by atoms with Crippen LogP contribution < -0.4 is 4.74 Å². The van der Waals surface area contributed by atoms with Gasteiger partial charge >= 0.3 is 12.3 Å². The van der Waals surface area contributed by atoms with Gasteiger partial charge in [0.2, 0.25) is 5.95 Å². The number of ether oxygens (including phenoxy) is 1. The standard InChI is InChI=1S/C13H7F4NO3/c14-11-10(9(12(19)20)4-5-18-11)7-2-1-3-8(6-7)21-13(15,16)17/h1-6H,(H,19,20). The van der Waals surface area contributed by atoms with E-state index in [4.69, 9.17) is 5.11 Å². The number of pyridine rings is 1. The molecule has 0 amide bonds. The molecule has 1 N–H and O–H groups in total. The maximum absolute atomic E-state index is 13.7. The average molecular weight is 301 g/mol. The fourth-order valence-corrected chi connectivity index (χ4v) is 1.74. The fraction of sp³-hybridized carbons (Fsp3) is 0.0769. The molecule has 21 heavy (non-hydrogen) atoms. The second-order valence-corrected chi connectivity index (χ2v) is 3.91. The molecule has 2 aromatic rings. The molecule has 0 aliphatic heterocycles. The molecular weight excluding hydrogens is 294 g/mol. The Morgan fingerprint density at radius 1 is 1.24 bits per heavy atom. The highest BCUT2D eigenvalue weighted by Crippen LogP contribution is 2.30. The summed E-state index contributed by atoms with van der Waals surface area (Å²) in [6, 6.07) is 5.41. The zero-order valence-corrected chi connectivity index (χ0v) is 10.2. The van der Waals surface area contributed by atoms with E-state index in [0.29, 0.717) is 0 Å². The summed E-state index contributed by atoms with van der Waals surface area (Å²) in [5.41, 5.74) is -0.899. The van der Waals surface area contributed by atoms with Crippen LogP contribution in [0.4, 0.5) is 17.6 Å². The largest absolute Gasteiger partial charge is 0.573 e. The van der Waals surface area contributed by atoms with Crippen molar-refractivity contribution in [3.05, 3.63) is 48.0 Å². The number of aromatic nitrogens is 1. The molecule has 0 bridgehead atoms. The predicted molar refractivity (Wildman–Crippen MR) is 63.3 cm³/mol. The first-order chi connectivity index (χ1) is 9.78. The molecule has 0 saturated carbocycles. The van der Waals surface area contributed by atoms with Crippen LogP contribution in [-0.2, 0) is 0 Å². The van der Waals surface area contributed by atoms with Crippen molar-refractivity contribution < 1.29 is 32.2 Å². The van der Waals surface area contributed by atoms with E-state index in [1.165, 1.54) is 12.1 Å². The molecule has 0 aliphatic carbocycles. The molecule has 1 heterocycles. The molecule has 2 rings (SSSR count). The lowest BCUT2D eigenvalue weighted by Crippen LogP contribution is -2.17. The first-order valence-corrected chi connectivity index (χ1v) is 5.52. The molecule has 1 aromatic carbocycles. The molecule has 8 heteroatoms. The molecule has 0 spiro atoms. The smallest absolute Gasteiger partial charge is 0.478 e. The van der Waals surface area contributed by atoms with Crippen molar-refractivity contribution in [2.24, 2.45) is 0 Å². The van der Waals surface area contributed by atoms with Crippen molar-refractivity contribution in [3.63, 3.8) is 0 Å². The molecular formula is C13H7F4NO3. The summed E-state index contributed by atoms with van der Waals surface area (Å²) in [7, 11) is 0. The molecule has 0 saturated heterocycles. The number of halogens is 4. The Labute approximate surface area is 115 Å². The van der Waals surface area contributed by atoms with Gasteiger partial charge in [-0.25, -0.2) is 9.78 Å². The van der Waals surface area contributed by atoms with Crippen LogP contribution in [0.3, 0.4) is 0 Å². The molecule has 1 aromatic heterocycles. The Morgan fingerprint density at radius 2 is 1.95 bits per heavy atom. The fourth-order valence-electron chi connectivity index (χ4n) is 1.74. The maximum atomic E-state index is 13.7. The van der Waals surface area contributed by atoms with Crippen molar-refractivity contribution in [1.29, 1.82) is 0 Å². The zero-order valence-electron chi connectivity index (χ0n) is 10.2. The van der Waals surface area contributed by atoms with E-state index in [2.05, 4.69) is 9.72 Å². The maximum Gasteiger partial charge on any atom is 0.573 e. The number of hydrogen-bond acceptors (Lipinski definition) is 3. The number of alkyl halides is 3. The first-order valence-electron chi connectivity index (χ1n) is 5.52. The van der Waals surface area contributed by atoms with E-state index in [-0.39, 0.29) is 5.56 Å². The predicted octanol–water partition coefficient (Wildman–Crippen LogP) is 3.48. The number of nitrogens with zero attached hydrogens (tertiary/aromatic N) is 1. The van der Waals surface area contributed by atoms with Gasteiger partial charge in [-0.1, -0.05) is 12.1 Å². The van der Waals surface area contributed by atoms with E-state index in [0.717, 1.165) is 24.4 Å². The minimum absolute atomic E-state index is 0.0836. The van der Waals surface area contributed by atoms with Gasteiger partial charge in [0.25, 0.3) is 0 Å². The van der Waals surface area contributed by atoms with Gasteiger partial charge in [-0.15, -0.1) is 13.2 Å². The van der Waals surface area contributed by atoms with Crippen LogP contribution in [0.15, 0.2) is 36.5 Å². The molecule has 4 nitrogen and oxygen atoms in total. The van der Waals surface area contributed by atoms with Crippen LogP contribution in [0.2, 0.25) is 0 Å². The highest BCUT2D eigenvalue weighted by atomic mass is 19.4. The summed E-state index contributed by atoms with van der Waals surface area (Å²) in [6.45, 7) is 0. The normalized spacial score (nSPS) is 11.2. The van der Waals surface area contributed by atoms with Gasteiger partial charge in [0.15, 0.2) is 0 Å². The molecule has 0 radical (unpaired) electrons. The van der Waals surface area contributed by atoms with Crippen LogP contribution in [-0.4, -0.2) is 22.4 Å². The van der Waals surface area contributed by atoms with Gasteiger partial charge in [-0.05, 0) is 23.8 Å². The summed E-state index contributed by atoms with van der Waals surface area (Å²) >= 11 is 0. The highest BCUT2D eigenvalue weighted by molar-refractivity contribution is 5.95. The van der Waals surface area contributed by atoms with Gasteiger partial charge in [0.1, 0.15) is 5.75 Å². The third-order valence-corrected chi connectivity index (χ3v) is 2.49. The lowest BCUT2D eigenvalue weighted by atomic mass is 10.0. The van der Waals surface area contributed by atoms with Crippen LogP contribution in [0.5, 0.6) is 5.75 Å². The van der Waals surface area contributed by atoms with Crippen molar-refractivity contribution in [2.45, 2.75) is 6.36 Å². The number of carboxylic acids is 1. The summed E-state index contributed by atoms with van der Waals surface area (Å²) in [4.78, 5) is 14.4. The Hall–Kier alpha value is -2.64. The lowest BCUT2D eigenvalue weighted by Gasteiger charge is -2.11. The number of carbonyl (C=O) groups is 1. The highest BCUT2D eigenvalue weighted by Gasteiger charge is 2.31. The van der Waals surface area contributed by atoms with Crippen molar-refractivity contribution >= 4 is 5.97 Å². The van der Waals surface area contributed by atoms with Gasteiger partial charge in [-0.2, -0.15) is 4.39 Å². The number of benzene rings is 1. The first kappa shape index (κ1) is 14.8. The van der Waals surface area contributed by atoms with Gasteiger partial charge in [-0.3, -0.25) is 0 Å². The van der Waals surface area contributed by atoms with Gasteiger partial charge < -0.3 is 9.84 Å². The minimum Gasteiger partial charge on any atom is -0.478 e. The summed E-state index contributed by atoms with van der Waals surface area (Å²) in [5.74, 6) is -3.10. The molecule has 110 valence electrons. The van der Waals surface area contributed by atoms with E-state index in [1.54, 1.807) is 0 Å². The van der Waals surface area contributed by atoms with Gasteiger partial charge in [0, 0.05) is 6.20 Å². The van der Waals surface area contributed by atoms with Crippen molar-refractivity contribution in [3.8, 4) is 16.9 Å². The summed E-state index contributed by atoms with van der Waals surface area (Å²) < 4.78 is 53.9. The number of carboxylic acid groups (broad SMARTS) is 1. The Balaban J connectivity index is 2.53. The number of aromatic carboxylic acids is 1. The van der Waals surface area contributed by atoms with E-state index in [1.807, 2.05) is 0 Å². The van der Waals surface area contributed by atoms with Crippen LogP contribution in [0, 0.1) is 5.95 Å². The SMILES string of the molecule is O=C(O)c1ccnc(F)c1-c1cccc(OC(F)(F)F)c1. The summed E-state index contributed by atoms with van der Waals surface area (Å²) in [6.07, 6.45) is -3.94. The van der Waals surface area contributed by atoms with Crippen LogP contribution in [0.1, 0.15) is 10.4 Å². The van der Waals surface area contributed by atoms with Crippen molar-refractivity contribution in [2.75, 3.05) is 0 Å². The van der Waals surface area contributed by atoms with E-state index in [9.17, 15) is 22.4 Å². The van der Waals surface area contributed by atoms with E-state index < -0.39 is 35.2 Å². The van der Waals surface area contributed by atoms with Crippen LogP contribution in [0.25, 0.3) is 11.1 Å². The van der Waals surface area contributed by atoms with Crippen molar-refractivity contribution in [1.82, 2.24) is 4.98 Å². The third-order valence-electron chi connectivity index (χ3n) is 2.49. The quantitative estimate of drug-likeness (QED) is 0.696. The number of rotatable bonds is 3. The molecule has 0 fully saturated rings. The second kappa shape index (κ2) is 5.39. The van der Waals surface area contributed by atoms with Crippen LogP contribution >= 0.6 is 0 Å². The Bertz CT molecular complexity index is 685. The summed E-state index contributed by atoms with van der Waals surface area (Å²) in [5, 5.41) is 9.00. The average Bonchev–Trinajstić information content (AvgIpc) is 2.36. The van der Waals surface area contributed by atoms with E-state index >= 15 is 0 Å². The van der Waals surface area contributed by atoms with Gasteiger partial charge in [0.05, 0.1) is 11.1 Å². The second-order valence-electron chi connectivity index (χ2n) is 3.91. The lowest BCUT2D eigenvalue weighted by molar-refractivity contribution is -0.274. The zero-order chi connectivity index (χ0) is 15.6. The molecule has 0 unspecified atom stereocenters.